The van der Waals surface area contributed by atoms with Gasteiger partial charge in [-0.3, -0.25) is 4.79 Å². The van der Waals surface area contributed by atoms with E-state index in [9.17, 15) is 22.0 Å². The number of benzene rings is 1. The van der Waals surface area contributed by atoms with Gasteiger partial charge in [0.1, 0.15) is 17.7 Å². The van der Waals surface area contributed by atoms with Crippen LogP contribution < -0.4 is 5.32 Å². The largest absolute Gasteiger partial charge is 0.352 e. The molecule has 128 valence electrons. The molecule has 1 heterocycles. The summed E-state index contributed by atoms with van der Waals surface area (Å²) in [7, 11) is -4.15. The zero-order chi connectivity index (χ0) is 17.2. The molecule has 0 saturated carbocycles. The quantitative estimate of drug-likeness (QED) is 0.867. The van der Waals surface area contributed by atoms with Gasteiger partial charge in [0.2, 0.25) is 15.9 Å². The number of hydrogen-bond acceptors (Lipinski definition) is 4. The molecule has 0 radical (unpaired) electrons. The van der Waals surface area contributed by atoms with E-state index in [0.717, 1.165) is 16.4 Å². The van der Waals surface area contributed by atoms with Crippen LogP contribution in [0.2, 0.25) is 0 Å². The van der Waals surface area contributed by atoms with E-state index in [-0.39, 0.29) is 11.9 Å². The first-order chi connectivity index (χ1) is 10.8. The van der Waals surface area contributed by atoms with Gasteiger partial charge in [-0.25, -0.2) is 17.2 Å². The second kappa shape index (κ2) is 7.14. The van der Waals surface area contributed by atoms with Crippen LogP contribution >= 0.6 is 11.8 Å². The molecule has 1 aliphatic heterocycles. The predicted molar refractivity (Wildman–Crippen MR) is 84.4 cm³/mol. The summed E-state index contributed by atoms with van der Waals surface area (Å²) in [6.07, 6.45) is 0.716. The van der Waals surface area contributed by atoms with Crippen LogP contribution in [0.4, 0.5) is 8.78 Å². The highest BCUT2D eigenvalue weighted by Crippen LogP contribution is 2.29. The average molecular weight is 364 g/mol. The van der Waals surface area contributed by atoms with Crippen molar-refractivity contribution < 1.29 is 22.0 Å². The zero-order valence-corrected chi connectivity index (χ0v) is 14.4. The standard InChI is InChI=1S/C14H18F2N2O3S2/c1-3-9(2)17-14(19)13-7-22-8-18(13)23(20,21)12-5-10(15)4-11(16)6-12/h4-6,9,13H,3,7-8H2,1-2H3,(H,17,19). The smallest absolute Gasteiger partial charge is 0.244 e. The topological polar surface area (TPSA) is 66.5 Å². The highest BCUT2D eigenvalue weighted by Gasteiger charge is 2.40. The molecule has 9 heteroatoms. The fourth-order valence-electron chi connectivity index (χ4n) is 2.12. The summed E-state index contributed by atoms with van der Waals surface area (Å²) < 4.78 is 52.8. The summed E-state index contributed by atoms with van der Waals surface area (Å²) in [6, 6.07) is 1.15. The van der Waals surface area contributed by atoms with Crippen LogP contribution in [0, 0.1) is 11.6 Å². The van der Waals surface area contributed by atoms with Gasteiger partial charge in [-0.1, -0.05) is 6.92 Å². The summed E-state index contributed by atoms with van der Waals surface area (Å²) in [5, 5.41) is 2.74. The molecule has 1 saturated heterocycles. The van der Waals surface area contributed by atoms with Crippen LogP contribution in [0.1, 0.15) is 20.3 Å². The first-order valence-corrected chi connectivity index (χ1v) is 9.71. The molecule has 0 aliphatic carbocycles. The van der Waals surface area contributed by atoms with Crippen LogP contribution in [-0.4, -0.2) is 42.3 Å². The molecule has 1 amide bonds. The lowest BCUT2D eigenvalue weighted by Crippen LogP contribution is -2.49. The Bertz CT molecular complexity index is 677. The Labute approximate surface area is 138 Å². The molecule has 1 aliphatic rings. The molecule has 2 rings (SSSR count). The Kier molecular flexibility index (Phi) is 5.64. The first-order valence-electron chi connectivity index (χ1n) is 7.11. The van der Waals surface area contributed by atoms with Crippen LogP contribution in [0.15, 0.2) is 23.1 Å². The molecule has 1 aromatic carbocycles. The monoisotopic (exact) mass is 364 g/mol. The molecule has 0 bridgehead atoms. The fourth-order valence-corrected chi connectivity index (χ4v) is 5.32. The Hall–Kier alpha value is -1.19. The molecule has 23 heavy (non-hydrogen) atoms. The van der Waals surface area contributed by atoms with Gasteiger partial charge < -0.3 is 5.32 Å². The van der Waals surface area contributed by atoms with Gasteiger partial charge in [-0.2, -0.15) is 4.31 Å². The predicted octanol–water partition coefficient (Wildman–Crippen LogP) is 1.94. The maximum absolute atomic E-state index is 13.3. The number of amides is 1. The van der Waals surface area contributed by atoms with Crippen LogP contribution in [-0.2, 0) is 14.8 Å². The summed E-state index contributed by atoms with van der Waals surface area (Å²) in [5.74, 6) is -1.98. The minimum absolute atomic E-state index is 0.0685. The van der Waals surface area contributed by atoms with Crippen molar-refractivity contribution in [3.05, 3.63) is 29.8 Å². The summed E-state index contributed by atoms with van der Waals surface area (Å²) >= 11 is 1.28. The molecular weight excluding hydrogens is 346 g/mol. The van der Waals surface area contributed by atoms with E-state index in [1.165, 1.54) is 11.8 Å². The number of rotatable bonds is 5. The normalized spacial score (nSPS) is 20.4. The fraction of sp³-hybridized carbons (Fsp3) is 0.500. The molecule has 2 unspecified atom stereocenters. The molecule has 1 fully saturated rings. The average Bonchev–Trinajstić information content (AvgIpc) is 2.96. The maximum atomic E-state index is 13.3. The molecular formula is C14H18F2N2O3S2. The third-order valence-electron chi connectivity index (χ3n) is 3.59. The summed E-state index contributed by atoms with van der Waals surface area (Å²) in [4.78, 5) is 11.8. The summed E-state index contributed by atoms with van der Waals surface area (Å²) in [5.41, 5.74) is 0. The van der Waals surface area contributed by atoms with Gasteiger partial charge in [0, 0.05) is 17.9 Å². The Morgan fingerprint density at radius 2 is 2.00 bits per heavy atom. The van der Waals surface area contributed by atoms with Crippen molar-refractivity contribution in [2.75, 3.05) is 11.6 Å². The van der Waals surface area contributed by atoms with Crippen molar-refractivity contribution in [1.29, 1.82) is 0 Å². The van der Waals surface area contributed by atoms with E-state index in [1.54, 1.807) is 0 Å². The summed E-state index contributed by atoms with van der Waals surface area (Å²) in [6.45, 7) is 3.72. The van der Waals surface area contributed by atoms with Gasteiger partial charge >= 0.3 is 0 Å². The number of thioether (sulfide) groups is 1. The van der Waals surface area contributed by atoms with E-state index >= 15 is 0 Å². The van der Waals surface area contributed by atoms with Crippen LogP contribution in [0.5, 0.6) is 0 Å². The lowest BCUT2D eigenvalue weighted by molar-refractivity contribution is -0.124. The van der Waals surface area contributed by atoms with E-state index in [2.05, 4.69) is 5.32 Å². The van der Waals surface area contributed by atoms with Crippen molar-refractivity contribution in [1.82, 2.24) is 9.62 Å². The molecule has 2 atom stereocenters. The van der Waals surface area contributed by atoms with Gasteiger partial charge in [0.15, 0.2) is 0 Å². The van der Waals surface area contributed by atoms with E-state index in [1.807, 2.05) is 13.8 Å². The van der Waals surface area contributed by atoms with Gasteiger partial charge in [0.05, 0.1) is 10.8 Å². The zero-order valence-electron chi connectivity index (χ0n) is 12.8. The second-order valence-corrected chi connectivity index (χ2v) is 8.22. The third-order valence-corrected chi connectivity index (χ3v) is 6.60. The van der Waals surface area contributed by atoms with Crippen molar-refractivity contribution in [2.24, 2.45) is 0 Å². The SMILES string of the molecule is CCC(C)NC(=O)C1CSCN1S(=O)(=O)c1cc(F)cc(F)c1. The highest BCUT2D eigenvalue weighted by atomic mass is 32.2. The number of carbonyl (C=O) groups excluding carboxylic acids is 1. The minimum Gasteiger partial charge on any atom is -0.352 e. The van der Waals surface area contributed by atoms with Crippen LogP contribution in [0.3, 0.4) is 0 Å². The highest BCUT2D eigenvalue weighted by molar-refractivity contribution is 8.00. The number of nitrogens with zero attached hydrogens (tertiary/aromatic N) is 1. The number of hydrogen-bond donors (Lipinski definition) is 1. The lowest BCUT2D eigenvalue weighted by atomic mass is 10.2. The number of nitrogens with one attached hydrogen (secondary N) is 1. The van der Waals surface area contributed by atoms with Gasteiger partial charge in [-0.05, 0) is 25.5 Å². The molecule has 0 spiro atoms. The minimum atomic E-state index is -4.15. The first kappa shape index (κ1) is 18.2. The van der Waals surface area contributed by atoms with Crippen molar-refractivity contribution in [3.8, 4) is 0 Å². The second-order valence-electron chi connectivity index (χ2n) is 5.33. The van der Waals surface area contributed by atoms with Gasteiger partial charge in [-0.15, -0.1) is 11.8 Å². The van der Waals surface area contributed by atoms with Gasteiger partial charge in [0.25, 0.3) is 0 Å². The molecule has 0 aromatic heterocycles. The number of halogens is 2. The van der Waals surface area contributed by atoms with E-state index in [0.29, 0.717) is 18.2 Å². The maximum Gasteiger partial charge on any atom is 0.244 e. The number of carbonyl (C=O) groups is 1. The molecule has 1 aromatic rings. The van der Waals surface area contributed by atoms with Crippen molar-refractivity contribution in [2.45, 2.75) is 37.2 Å². The van der Waals surface area contributed by atoms with E-state index in [4.69, 9.17) is 0 Å². The Morgan fingerprint density at radius 1 is 1.39 bits per heavy atom. The Morgan fingerprint density at radius 3 is 2.57 bits per heavy atom. The molecule has 1 N–H and O–H groups in total. The third kappa shape index (κ3) is 4.02. The number of sulfonamides is 1. The van der Waals surface area contributed by atoms with Crippen LogP contribution in [0.25, 0.3) is 0 Å². The van der Waals surface area contributed by atoms with Crippen molar-refractivity contribution >= 4 is 27.7 Å². The lowest BCUT2D eigenvalue weighted by Gasteiger charge is -2.24. The Balaban J connectivity index is 2.29. The van der Waals surface area contributed by atoms with E-state index < -0.39 is 38.5 Å². The van der Waals surface area contributed by atoms with Crippen molar-refractivity contribution in [3.63, 3.8) is 0 Å². The molecule has 5 nitrogen and oxygen atoms in total.